The van der Waals surface area contributed by atoms with E-state index in [4.69, 9.17) is 9.47 Å². The lowest BCUT2D eigenvalue weighted by Crippen LogP contribution is -2.33. The van der Waals surface area contributed by atoms with E-state index in [-0.39, 0.29) is 33.4 Å². The van der Waals surface area contributed by atoms with Crippen LogP contribution < -0.4 is 9.47 Å². The first-order valence-electron chi connectivity index (χ1n) is 10.0. The number of carbonyl (C=O) groups excluding carboxylic acids is 2. The first-order chi connectivity index (χ1) is 15.7. The molecule has 2 aromatic rings. The molecule has 0 amide bonds. The maximum Gasteiger partial charge on any atom is 0.414 e. The van der Waals surface area contributed by atoms with Crippen molar-refractivity contribution in [3.8, 4) is 11.5 Å². The van der Waals surface area contributed by atoms with E-state index in [9.17, 15) is 46.1 Å². The van der Waals surface area contributed by atoms with Crippen molar-refractivity contribution in [1.29, 1.82) is 0 Å². The summed E-state index contributed by atoms with van der Waals surface area (Å²) >= 11 is 0. The van der Waals surface area contributed by atoms with Gasteiger partial charge >= 0.3 is 12.4 Å². The molecule has 0 aliphatic heterocycles. The van der Waals surface area contributed by atoms with E-state index in [0.717, 1.165) is 0 Å². The van der Waals surface area contributed by atoms with Crippen molar-refractivity contribution in [3.63, 3.8) is 0 Å². The van der Waals surface area contributed by atoms with Gasteiger partial charge in [-0.2, -0.15) is 26.3 Å². The topological polar surface area (TPSA) is 93.1 Å². The quantitative estimate of drug-likeness (QED) is 0.368. The van der Waals surface area contributed by atoms with Crippen LogP contribution in [-0.2, 0) is 0 Å². The van der Waals surface area contributed by atoms with Crippen molar-refractivity contribution in [2.45, 2.75) is 63.5 Å². The van der Waals surface area contributed by atoms with Gasteiger partial charge in [-0.3, -0.25) is 9.59 Å². The second kappa shape index (κ2) is 10.6. The third-order valence-electron chi connectivity index (χ3n) is 4.92. The average molecular weight is 496 g/mol. The van der Waals surface area contributed by atoms with Crippen LogP contribution in [0.1, 0.15) is 47.4 Å². The summed E-state index contributed by atoms with van der Waals surface area (Å²) in [6.45, 7) is 2.52. The van der Waals surface area contributed by atoms with E-state index in [1.165, 1.54) is 38.1 Å². The summed E-state index contributed by atoms with van der Waals surface area (Å²) in [5.41, 5.74) is -0.0415. The SMILES string of the molecule is C[C@H](C[C@@H](O)C(F)(F)F)Oc1ccc(C=O)c2c(O[C@H](C)C[C@@H](O)C(F)(F)F)ccc(C=O)c12. The Bertz CT molecular complexity index is 938. The van der Waals surface area contributed by atoms with Crippen LogP contribution in [0, 0.1) is 0 Å². The van der Waals surface area contributed by atoms with Crippen molar-refractivity contribution in [2.24, 2.45) is 0 Å². The summed E-state index contributed by atoms with van der Waals surface area (Å²) in [6.07, 6.45) is -18.2. The van der Waals surface area contributed by atoms with E-state index < -0.39 is 49.6 Å². The summed E-state index contributed by atoms with van der Waals surface area (Å²) in [7, 11) is 0. The fourth-order valence-electron chi connectivity index (χ4n) is 3.30. The van der Waals surface area contributed by atoms with Gasteiger partial charge < -0.3 is 19.7 Å². The third kappa shape index (κ3) is 6.60. The van der Waals surface area contributed by atoms with Crippen LogP contribution in [0.25, 0.3) is 10.8 Å². The van der Waals surface area contributed by atoms with Crippen molar-refractivity contribution in [2.75, 3.05) is 0 Å². The molecule has 0 heterocycles. The number of aliphatic hydroxyl groups is 2. The zero-order valence-electron chi connectivity index (χ0n) is 18.0. The largest absolute Gasteiger partial charge is 0.490 e. The first-order valence-corrected chi connectivity index (χ1v) is 10.0. The Labute approximate surface area is 190 Å². The fourth-order valence-corrected chi connectivity index (χ4v) is 3.30. The molecule has 6 nitrogen and oxygen atoms in total. The minimum absolute atomic E-state index is 0.00554. The molecule has 0 aromatic heterocycles. The van der Waals surface area contributed by atoms with Crippen LogP contribution in [0.4, 0.5) is 26.3 Å². The number of aldehydes is 2. The minimum atomic E-state index is -4.87. The van der Waals surface area contributed by atoms with Crippen LogP contribution in [0.3, 0.4) is 0 Å². The molecular formula is C22H22F6O6. The molecule has 2 N–H and O–H groups in total. The van der Waals surface area contributed by atoms with Crippen LogP contribution in [0.5, 0.6) is 11.5 Å². The highest BCUT2D eigenvalue weighted by Gasteiger charge is 2.40. The molecule has 4 atom stereocenters. The Morgan fingerprint density at radius 2 is 1.06 bits per heavy atom. The second-order valence-electron chi connectivity index (χ2n) is 7.73. The highest BCUT2D eigenvalue weighted by molar-refractivity contribution is 6.10. The number of alkyl halides is 6. The molecule has 0 aliphatic rings. The maximum atomic E-state index is 12.7. The summed E-state index contributed by atoms with van der Waals surface area (Å²) in [5, 5.41) is 18.5. The smallest absolute Gasteiger partial charge is 0.414 e. The van der Waals surface area contributed by atoms with E-state index in [0.29, 0.717) is 12.6 Å². The van der Waals surface area contributed by atoms with E-state index in [1.807, 2.05) is 0 Å². The summed E-state index contributed by atoms with van der Waals surface area (Å²) in [5.74, 6) is -0.198. The van der Waals surface area contributed by atoms with Gasteiger partial charge in [-0.05, 0) is 38.1 Å². The lowest BCUT2D eigenvalue weighted by Gasteiger charge is -2.23. The molecule has 0 aliphatic carbocycles. The molecule has 0 unspecified atom stereocenters. The van der Waals surface area contributed by atoms with Crippen molar-refractivity contribution in [3.05, 3.63) is 35.4 Å². The number of ether oxygens (including phenoxy) is 2. The van der Waals surface area contributed by atoms with Gasteiger partial charge in [0.1, 0.15) is 11.5 Å². The number of halogens is 6. The fraction of sp³-hybridized carbons (Fsp3) is 0.455. The minimum Gasteiger partial charge on any atom is -0.490 e. The van der Waals surface area contributed by atoms with E-state index in [1.54, 1.807) is 0 Å². The summed E-state index contributed by atoms with van der Waals surface area (Å²) < 4.78 is 87.0. The zero-order valence-corrected chi connectivity index (χ0v) is 18.0. The highest BCUT2D eigenvalue weighted by atomic mass is 19.4. The van der Waals surface area contributed by atoms with Crippen LogP contribution >= 0.6 is 0 Å². The van der Waals surface area contributed by atoms with Gasteiger partial charge in [0.15, 0.2) is 24.8 Å². The second-order valence-corrected chi connectivity index (χ2v) is 7.73. The number of aliphatic hydroxyl groups excluding tert-OH is 2. The first kappa shape index (κ1) is 27.4. The van der Waals surface area contributed by atoms with Crippen LogP contribution in [-0.4, -0.2) is 59.6 Å². The molecule has 0 radical (unpaired) electrons. The number of carbonyl (C=O) groups is 2. The predicted octanol–water partition coefficient (Wildman–Crippen LogP) is 4.63. The van der Waals surface area contributed by atoms with Gasteiger partial charge in [0, 0.05) is 34.7 Å². The Hall–Kier alpha value is -2.86. The number of hydrogen-bond acceptors (Lipinski definition) is 6. The molecule has 2 rings (SSSR count). The van der Waals surface area contributed by atoms with Crippen LogP contribution in [0.15, 0.2) is 24.3 Å². The standard InChI is InChI=1S/C22H22F6O6/c1-11(7-17(31)21(23,24)25)33-15-5-3-14(10-30)20-16(6-4-13(9-29)19(15)20)34-12(2)8-18(32)22(26,27)28/h3-6,9-12,17-18,31-32H,7-8H2,1-2H3/t11-,12-,17-,18-/m1/s1. The van der Waals surface area contributed by atoms with E-state index in [2.05, 4.69) is 0 Å². The van der Waals surface area contributed by atoms with Gasteiger partial charge in [-0.1, -0.05) is 0 Å². The van der Waals surface area contributed by atoms with Crippen molar-refractivity contribution < 1.29 is 55.6 Å². The molecule has 12 heteroatoms. The van der Waals surface area contributed by atoms with Crippen molar-refractivity contribution >= 4 is 23.3 Å². The Balaban J connectivity index is 2.48. The lowest BCUT2D eigenvalue weighted by atomic mass is 9.98. The normalized spacial score (nSPS) is 15.9. The summed E-state index contributed by atoms with van der Waals surface area (Å²) in [6, 6.07) is 4.98. The van der Waals surface area contributed by atoms with E-state index >= 15 is 0 Å². The molecule has 0 saturated carbocycles. The lowest BCUT2D eigenvalue weighted by molar-refractivity contribution is -0.209. The van der Waals surface area contributed by atoms with Gasteiger partial charge in [-0.15, -0.1) is 0 Å². The molecule has 188 valence electrons. The molecule has 0 fully saturated rings. The van der Waals surface area contributed by atoms with Gasteiger partial charge in [0.05, 0.1) is 12.2 Å². The molecule has 0 bridgehead atoms. The number of fused-ring (bicyclic) bond motifs is 1. The Morgan fingerprint density at radius 1 is 0.735 bits per heavy atom. The Kier molecular flexibility index (Phi) is 8.54. The van der Waals surface area contributed by atoms with Crippen LogP contribution in [0.2, 0.25) is 0 Å². The monoisotopic (exact) mass is 496 g/mol. The maximum absolute atomic E-state index is 12.7. The average Bonchev–Trinajstić information content (AvgIpc) is 2.72. The number of benzene rings is 2. The van der Waals surface area contributed by atoms with Gasteiger partial charge in [-0.25, -0.2) is 0 Å². The molecular weight excluding hydrogens is 474 g/mol. The summed E-state index contributed by atoms with van der Waals surface area (Å²) in [4.78, 5) is 23.3. The highest BCUT2D eigenvalue weighted by Crippen LogP contribution is 2.39. The van der Waals surface area contributed by atoms with Gasteiger partial charge in [0.25, 0.3) is 0 Å². The Morgan fingerprint density at radius 3 is 1.32 bits per heavy atom. The van der Waals surface area contributed by atoms with Crippen molar-refractivity contribution in [1.82, 2.24) is 0 Å². The molecule has 34 heavy (non-hydrogen) atoms. The molecule has 0 saturated heterocycles. The predicted molar refractivity (Wildman–Crippen MR) is 108 cm³/mol. The number of hydrogen-bond donors (Lipinski definition) is 2. The number of rotatable bonds is 10. The zero-order chi connectivity index (χ0) is 25.8. The third-order valence-corrected chi connectivity index (χ3v) is 4.92. The molecule has 2 aromatic carbocycles. The van der Waals surface area contributed by atoms with Gasteiger partial charge in [0.2, 0.25) is 0 Å². The molecule has 0 spiro atoms.